The van der Waals surface area contributed by atoms with E-state index in [0.717, 1.165) is 27.8 Å². The van der Waals surface area contributed by atoms with Gasteiger partial charge in [0.15, 0.2) is 5.65 Å². The molecular weight excluding hydrogens is 236 g/mol. The van der Waals surface area contributed by atoms with Gasteiger partial charge in [0.2, 0.25) is 0 Å². The first kappa shape index (κ1) is 10.2. The average Bonchev–Trinajstić information content (AvgIpc) is 2.91. The Morgan fingerprint density at radius 2 is 1.89 bits per heavy atom. The maximum Gasteiger partial charge on any atom is 0.164 e. The molecular formula is C15H10N4. The van der Waals surface area contributed by atoms with Crippen LogP contribution in [0.1, 0.15) is 0 Å². The molecule has 0 bridgehead atoms. The number of hydrogen-bond donors (Lipinski definition) is 0. The predicted molar refractivity (Wildman–Crippen MR) is 73.7 cm³/mol. The molecule has 0 N–H and O–H groups in total. The van der Waals surface area contributed by atoms with Crippen LogP contribution in [-0.4, -0.2) is 19.6 Å². The lowest BCUT2D eigenvalue weighted by Crippen LogP contribution is -1.89. The molecule has 4 nitrogen and oxygen atoms in total. The molecule has 0 saturated heterocycles. The third-order valence-corrected chi connectivity index (χ3v) is 3.15. The fraction of sp³-hybridized carbons (Fsp3) is 0. The van der Waals surface area contributed by atoms with Crippen LogP contribution in [0.2, 0.25) is 0 Å². The standard InChI is InChI=1S/C15H10N4/c1-2-5-13-11(4-1)6-7-14(18-13)12-10-17-19-9-3-8-16-15(12)19/h1-10H. The molecule has 0 fully saturated rings. The Kier molecular flexibility index (Phi) is 2.08. The van der Waals surface area contributed by atoms with Gasteiger partial charge < -0.3 is 0 Å². The van der Waals surface area contributed by atoms with Crippen molar-refractivity contribution >= 4 is 16.6 Å². The van der Waals surface area contributed by atoms with Gasteiger partial charge in [0, 0.05) is 17.8 Å². The molecule has 0 spiro atoms. The van der Waals surface area contributed by atoms with Gasteiger partial charge in [-0.2, -0.15) is 5.10 Å². The van der Waals surface area contributed by atoms with Crippen molar-refractivity contribution in [3.8, 4) is 11.3 Å². The van der Waals surface area contributed by atoms with Crippen LogP contribution in [-0.2, 0) is 0 Å². The van der Waals surface area contributed by atoms with E-state index in [4.69, 9.17) is 0 Å². The lowest BCUT2D eigenvalue weighted by molar-refractivity contribution is 0.939. The molecule has 0 aliphatic carbocycles. The van der Waals surface area contributed by atoms with E-state index in [0.29, 0.717) is 0 Å². The van der Waals surface area contributed by atoms with Crippen molar-refractivity contribution in [2.45, 2.75) is 0 Å². The number of nitrogens with zero attached hydrogens (tertiary/aromatic N) is 4. The molecule has 4 rings (SSSR count). The highest BCUT2D eigenvalue weighted by molar-refractivity contribution is 5.83. The van der Waals surface area contributed by atoms with Crippen LogP contribution in [0, 0.1) is 0 Å². The number of hydrogen-bond acceptors (Lipinski definition) is 3. The molecule has 1 aromatic carbocycles. The van der Waals surface area contributed by atoms with Crippen molar-refractivity contribution in [1.29, 1.82) is 0 Å². The number of para-hydroxylation sites is 1. The van der Waals surface area contributed by atoms with Gasteiger partial charge in [-0.1, -0.05) is 24.3 Å². The third-order valence-electron chi connectivity index (χ3n) is 3.15. The van der Waals surface area contributed by atoms with Gasteiger partial charge in [0.1, 0.15) is 0 Å². The molecule has 3 heterocycles. The molecule has 0 amide bonds. The molecule has 0 saturated carbocycles. The van der Waals surface area contributed by atoms with Gasteiger partial charge in [-0.15, -0.1) is 0 Å². The summed E-state index contributed by atoms with van der Waals surface area (Å²) >= 11 is 0. The summed E-state index contributed by atoms with van der Waals surface area (Å²) in [6.07, 6.45) is 5.45. The van der Waals surface area contributed by atoms with Crippen LogP contribution in [0.3, 0.4) is 0 Å². The fourth-order valence-electron chi connectivity index (χ4n) is 2.22. The van der Waals surface area contributed by atoms with E-state index < -0.39 is 0 Å². The molecule has 4 aromatic rings. The second kappa shape index (κ2) is 3.88. The minimum absolute atomic E-state index is 0.824. The van der Waals surface area contributed by atoms with Crippen LogP contribution < -0.4 is 0 Å². The van der Waals surface area contributed by atoms with E-state index in [2.05, 4.69) is 27.2 Å². The monoisotopic (exact) mass is 246 g/mol. The SMILES string of the molecule is c1ccc2nc(-c3cnn4cccnc34)ccc2c1. The van der Waals surface area contributed by atoms with Crippen molar-refractivity contribution in [3.63, 3.8) is 0 Å². The van der Waals surface area contributed by atoms with E-state index in [1.54, 1.807) is 16.9 Å². The minimum Gasteiger partial charge on any atom is -0.248 e. The smallest absolute Gasteiger partial charge is 0.164 e. The molecule has 90 valence electrons. The first-order valence-corrected chi connectivity index (χ1v) is 6.06. The van der Waals surface area contributed by atoms with E-state index >= 15 is 0 Å². The molecule has 0 atom stereocenters. The number of pyridine rings is 1. The summed E-state index contributed by atoms with van der Waals surface area (Å²) in [5, 5.41) is 5.42. The zero-order valence-electron chi connectivity index (χ0n) is 10.1. The normalized spacial score (nSPS) is 11.2. The quantitative estimate of drug-likeness (QED) is 0.518. The highest BCUT2D eigenvalue weighted by Gasteiger charge is 2.08. The van der Waals surface area contributed by atoms with Crippen molar-refractivity contribution in [2.75, 3.05) is 0 Å². The van der Waals surface area contributed by atoms with Crippen molar-refractivity contribution in [1.82, 2.24) is 19.6 Å². The number of aromatic nitrogens is 4. The van der Waals surface area contributed by atoms with Crippen molar-refractivity contribution in [3.05, 3.63) is 61.1 Å². The van der Waals surface area contributed by atoms with Gasteiger partial charge >= 0.3 is 0 Å². The Labute approximate surface area is 109 Å². The van der Waals surface area contributed by atoms with E-state index in [1.807, 2.05) is 36.5 Å². The topological polar surface area (TPSA) is 43.1 Å². The van der Waals surface area contributed by atoms with Crippen LogP contribution >= 0.6 is 0 Å². The zero-order chi connectivity index (χ0) is 12.7. The zero-order valence-corrected chi connectivity index (χ0v) is 10.1. The molecule has 0 aliphatic heterocycles. The summed E-state index contributed by atoms with van der Waals surface area (Å²) in [7, 11) is 0. The van der Waals surface area contributed by atoms with Crippen LogP contribution in [0.4, 0.5) is 0 Å². The lowest BCUT2D eigenvalue weighted by Gasteiger charge is -2.01. The van der Waals surface area contributed by atoms with Crippen LogP contribution in [0.5, 0.6) is 0 Å². The third kappa shape index (κ3) is 1.57. The van der Waals surface area contributed by atoms with Gasteiger partial charge in [0.25, 0.3) is 0 Å². The Morgan fingerprint density at radius 1 is 0.947 bits per heavy atom. The summed E-state index contributed by atoms with van der Waals surface area (Å²) in [5.41, 5.74) is 3.65. The maximum absolute atomic E-state index is 4.67. The summed E-state index contributed by atoms with van der Waals surface area (Å²) in [6.45, 7) is 0. The maximum atomic E-state index is 4.67. The van der Waals surface area contributed by atoms with Gasteiger partial charge in [-0.3, -0.25) is 0 Å². The lowest BCUT2D eigenvalue weighted by atomic mass is 10.1. The predicted octanol–water partition coefficient (Wildman–Crippen LogP) is 2.94. The Balaban J connectivity index is 1.99. The second-order valence-electron chi connectivity index (χ2n) is 4.34. The van der Waals surface area contributed by atoms with Gasteiger partial charge in [-0.25, -0.2) is 14.5 Å². The Bertz CT molecular complexity index is 879. The van der Waals surface area contributed by atoms with Crippen molar-refractivity contribution in [2.24, 2.45) is 0 Å². The summed E-state index contributed by atoms with van der Waals surface area (Å²) in [6, 6.07) is 14.0. The Morgan fingerprint density at radius 3 is 2.89 bits per heavy atom. The molecule has 0 unspecified atom stereocenters. The van der Waals surface area contributed by atoms with E-state index in [-0.39, 0.29) is 0 Å². The summed E-state index contributed by atoms with van der Waals surface area (Å²) in [5.74, 6) is 0. The van der Waals surface area contributed by atoms with Crippen LogP contribution in [0.15, 0.2) is 61.1 Å². The second-order valence-corrected chi connectivity index (χ2v) is 4.34. The molecule has 0 radical (unpaired) electrons. The first-order chi connectivity index (χ1) is 9.42. The number of benzene rings is 1. The van der Waals surface area contributed by atoms with Crippen molar-refractivity contribution < 1.29 is 0 Å². The van der Waals surface area contributed by atoms with Gasteiger partial charge in [0.05, 0.1) is 23.0 Å². The van der Waals surface area contributed by atoms with Gasteiger partial charge in [-0.05, 0) is 18.2 Å². The molecule has 19 heavy (non-hydrogen) atoms. The largest absolute Gasteiger partial charge is 0.248 e. The number of rotatable bonds is 1. The Hall–Kier alpha value is -2.75. The molecule has 0 aliphatic rings. The highest BCUT2D eigenvalue weighted by Crippen LogP contribution is 2.23. The summed E-state index contributed by atoms with van der Waals surface area (Å²) in [4.78, 5) is 9.03. The fourth-order valence-corrected chi connectivity index (χ4v) is 2.22. The summed E-state index contributed by atoms with van der Waals surface area (Å²) < 4.78 is 1.76. The highest BCUT2D eigenvalue weighted by atomic mass is 15.2. The average molecular weight is 246 g/mol. The minimum atomic E-state index is 0.824. The number of fused-ring (bicyclic) bond motifs is 2. The van der Waals surface area contributed by atoms with E-state index in [1.165, 1.54) is 0 Å². The van der Waals surface area contributed by atoms with Crippen LogP contribution in [0.25, 0.3) is 27.8 Å². The van der Waals surface area contributed by atoms with E-state index in [9.17, 15) is 0 Å². The molecule has 3 aromatic heterocycles. The molecule has 4 heteroatoms. The first-order valence-electron chi connectivity index (χ1n) is 6.06.